The Balaban J connectivity index is 1.65. The van der Waals surface area contributed by atoms with Crippen LogP contribution in [-0.4, -0.2) is 28.2 Å². The second kappa shape index (κ2) is 10.3. The summed E-state index contributed by atoms with van der Waals surface area (Å²) < 4.78 is 5.75. The summed E-state index contributed by atoms with van der Waals surface area (Å²) in [5.74, 6) is 1.08. The van der Waals surface area contributed by atoms with Gasteiger partial charge in [-0.25, -0.2) is 4.79 Å². The molecule has 35 heavy (non-hydrogen) atoms. The molecule has 4 rings (SSSR count). The second-order valence-corrected chi connectivity index (χ2v) is 11.7. The van der Waals surface area contributed by atoms with E-state index >= 15 is 0 Å². The maximum Gasteiger partial charge on any atom is 0.410 e. The third-order valence-electron chi connectivity index (χ3n) is 8.02. The van der Waals surface area contributed by atoms with E-state index in [0.29, 0.717) is 30.6 Å². The first-order valence-electron chi connectivity index (χ1n) is 13.5. The number of carbonyl (C=O) groups excluding carboxylic acids is 1. The number of nitrogens with zero attached hydrogens (tertiary/aromatic N) is 1. The lowest BCUT2D eigenvalue weighted by Gasteiger charge is -2.52. The largest absolute Gasteiger partial charge is 0.445 e. The molecule has 0 spiro atoms. The number of fused-ring (bicyclic) bond motifs is 2. The van der Waals surface area contributed by atoms with Gasteiger partial charge in [0, 0.05) is 24.9 Å². The SMILES string of the molecule is CC(C)c1cc(C(C)C)c(C2(O)CC3CCCC(C2)N3C(=O)OCc2ccccc2)c(C(C)C)c1. The first-order valence-corrected chi connectivity index (χ1v) is 13.5. The predicted octanol–water partition coefficient (Wildman–Crippen LogP) is 7.60. The van der Waals surface area contributed by atoms with Crippen molar-refractivity contribution in [1.82, 2.24) is 4.90 Å². The number of hydrogen-bond donors (Lipinski definition) is 1. The van der Waals surface area contributed by atoms with E-state index in [0.717, 1.165) is 30.4 Å². The molecule has 2 atom stereocenters. The lowest BCUT2D eigenvalue weighted by atomic mass is 9.68. The average Bonchev–Trinajstić information content (AvgIpc) is 2.81. The Morgan fingerprint density at radius 2 is 1.49 bits per heavy atom. The number of benzene rings is 2. The molecule has 2 aromatic rings. The van der Waals surface area contributed by atoms with Crippen molar-refractivity contribution in [3.05, 3.63) is 70.3 Å². The normalized spacial score (nSPS) is 24.3. The minimum atomic E-state index is -0.930. The van der Waals surface area contributed by atoms with Gasteiger partial charge in [0.2, 0.25) is 0 Å². The summed E-state index contributed by atoms with van der Waals surface area (Å²) in [6.45, 7) is 13.7. The zero-order valence-electron chi connectivity index (χ0n) is 22.4. The first-order chi connectivity index (χ1) is 16.6. The van der Waals surface area contributed by atoms with Gasteiger partial charge in [0.05, 0.1) is 5.60 Å². The molecule has 2 fully saturated rings. The summed E-state index contributed by atoms with van der Waals surface area (Å²) in [7, 11) is 0. The van der Waals surface area contributed by atoms with Crippen LogP contribution in [0.15, 0.2) is 42.5 Å². The Kier molecular flexibility index (Phi) is 7.61. The van der Waals surface area contributed by atoms with Crippen LogP contribution in [0.25, 0.3) is 0 Å². The predicted molar refractivity (Wildman–Crippen MR) is 142 cm³/mol. The molecule has 1 amide bonds. The first kappa shape index (κ1) is 25.8. The van der Waals surface area contributed by atoms with Crippen molar-refractivity contribution in [2.24, 2.45) is 0 Å². The van der Waals surface area contributed by atoms with Crippen LogP contribution < -0.4 is 0 Å². The molecule has 4 heteroatoms. The summed E-state index contributed by atoms with van der Waals surface area (Å²) in [5.41, 5.74) is 5.06. The van der Waals surface area contributed by atoms with E-state index in [1.807, 2.05) is 35.2 Å². The van der Waals surface area contributed by atoms with Crippen molar-refractivity contribution in [3.63, 3.8) is 0 Å². The van der Waals surface area contributed by atoms with Crippen LogP contribution in [0, 0.1) is 0 Å². The van der Waals surface area contributed by atoms with Gasteiger partial charge in [0.15, 0.2) is 0 Å². The summed E-state index contributed by atoms with van der Waals surface area (Å²) in [5, 5.41) is 12.4. The van der Waals surface area contributed by atoms with Crippen LogP contribution in [0.2, 0.25) is 0 Å². The van der Waals surface area contributed by atoms with Crippen molar-refractivity contribution >= 4 is 6.09 Å². The Labute approximate surface area is 211 Å². The molecule has 0 aromatic heterocycles. The molecule has 2 saturated heterocycles. The molecule has 4 nitrogen and oxygen atoms in total. The summed E-state index contributed by atoms with van der Waals surface area (Å²) >= 11 is 0. The third-order valence-corrected chi connectivity index (χ3v) is 8.02. The molecule has 2 bridgehead atoms. The molecule has 0 aliphatic carbocycles. The third kappa shape index (κ3) is 5.28. The van der Waals surface area contributed by atoms with Gasteiger partial charge in [-0.3, -0.25) is 0 Å². The molecule has 2 aliphatic rings. The Morgan fingerprint density at radius 3 is 1.97 bits per heavy atom. The fraction of sp³-hybridized carbons (Fsp3) is 0.581. The van der Waals surface area contributed by atoms with E-state index in [-0.39, 0.29) is 24.8 Å². The number of piperidine rings is 2. The van der Waals surface area contributed by atoms with Crippen LogP contribution in [0.3, 0.4) is 0 Å². The lowest BCUT2D eigenvalue weighted by molar-refractivity contribution is -0.0906. The van der Waals surface area contributed by atoms with E-state index in [4.69, 9.17) is 4.74 Å². The number of hydrogen-bond acceptors (Lipinski definition) is 3. The summed E-state index contributed by atoms with van der Waals surface area (Å²) in [6, 6.07) is 14.5. The van der Waals surface area contributed by atoms with Crippen LogP contribution in [0.5, 0.6) is 0 Å². The number of carbonyl (C=O) groups is 1. The van der Waals surface area contributed by atoms with Crippen LogP contribution in [0.4, 0.5) is 4.79 Å². The number of rotatable bonds is 6. The number of ether oxygens (including phenoxy) is 1. The van der Waals surface area contributed by atoms with Crippen LogP contribution >= 0.6 is 0 Å². The number of amides is 1. The molecule has 190 valence electrons. The van der Waals surface area contributed by atoms with E-state index in [1.165, 1.54) is 16.7 Å². The van der Waals surface area contributed by atoms with E-state index in [1.54, 1.807) is 0 Å². The minimum Gasteiger partial charge on any atom is -0.445 e. The summed E-state index contributed by atoms with van der Waals surface area (Å²) in [6.07, 6.45) is 3.83. The molecule has 2 unspecified atom stereocenters. The zero-order valence-corrected chi connectivity index (χ0v) is 22.4. The highest BCUT2D eigenvalue weighted by atomic mass is 16.6. The zero-order chi connectivity index (χ0) is 25.3. The van der Waals surface area contributed by atoms with Gasteiger partial charge in [-0.15, -0.1) is 0 Å². The molecular weight excluding hydrogens is 434 g/mol. The molecule has 0 saturated carbocycles. The van der Waals surface area contributed by atoms with Crippen molar-refractivity contribution in [1.29, 1.82) is 0 Å². The fourth-order valence-corrected chi connectivity index (χ4v) is 6.22. The smallest absolute Gasteiger partial charge is 0.410 e. The maximum absolute atomic E-state index is 13.2. The standard InChI is InChI=1S/C31H43NO3/c1-20(2)24-15-27(21(3)4)29(28(16-24)22(5)6)31(34)17-25-13-10-14-26(18-31)32(25)30(33)35-19-23-11-8-7-9-12-23/h7-9,11-12,15-16,20-22,25-26,34H,10,13-14,17-19H2,1-6H3. The van der Waals surface area contributed by atoms with Crippen LogP contribution in [0.1, 0.15) is 119 Å². The summed E-state index contributed by atoms with van der Waals surface area (Å²) in [4.78, 5) is 15.2. The van der Waals surface area contributed by atoms with Gasteiger partial charge in [0.25, 0.3) is 0 Å². The molecule has 2 aliphatic heterocycles. The topological polar surface area (TPSA) is 49.8 Å². The fourth-order valence-electron chi connectivity index (χ4n) is 6.22. The highest BCUT2D eigenvalue weighted by Crippen LogP contribution is 2.49. The van der Waals surface area contributed by atoms with Gasteiger partial charge in [-0.1, -0.05) is 84.0 Å². The van der Waals surface area contributed by atoms with Gasteiger partial charge >= 0.3 is 6.09 Å². The quantitative estimate of drug-likeness (QED) is 0.466. The van der Waals surface area contributed by atoms with Gasteiger partial charge in [0.1, 0.15) is 6.61 Å². The van der Waals surface area contributed by atoms with Gasteiger partial charge in [-0.05, 0) is 64.8 Å². The van der Waals surface area contributed by atoms with E-state index in [9.17, 15) is 9.90 Å². The monoisotopic (exact) mass is 477 g/mol. The Bertz CT molecular complexity index is 984. The lowest BCUT2D eigenvalue weighted by Crippen LogP contribution is -2.59. The molecule has 2 heterocycles. The molecule has 1 N–H and O–H groups in total. The highest BCUT2D eigenvalue weighted by Gasteiger charge is 2.50. The number of aliphatic hydroxyl groups is 1. The van der Waals surface area contributed by atoms with Gasteiger partial charge < -0.3 is 14.7 Å². The highest BCUT2D eigenvalue weighted by molar-refractivity contribution is 5.69. The van der Waals surface area contributed by atoms with Crippen molar-refractivity contribution in [2.45, 2.75) is 116 Å². The van der Waals surface area contributed by atoms with Crippen molar-refractivity contribution < 1.29 is 14.6 Å². The minimum absolute atomic E-state index is 0.000531. The molecule has 2 aromatic carbocycles. The van der Waals surface area contributed by atoms with E-state index in [2.05, 4.69) is 53.7 Å². The van der Waals surface area contributed by atoms with E-state index < -0.39 is 5.60 Å². The van der Waals surface area contributed by atoms with Crippen molar-refractivity contribution in [3.8, 4) is 0 Å². The maximum atomic E-state index is 13.2. The average molecular weight is 478 g/mol. The van der Waals surface area contributed by atoms with Crippen molar-refractivity contribution in [2.75, 3.05) is 0 Å². The van der Waals surface area contributed by atoms with Gasteiger partial charge in [-0.2, -0.15) is 0 Å². The second-order valence-electron chi connectivity index (χ2n) is 11.7. The Morgan fingerprint density at radius 1 is 0.943 bits per heavy atom. The Hall–Kier alpha value is -2.33. The molecular formula is C31H43NO3. The molecule has 0 radical (unpaired) electrons. The van der Waals surface area contributed by atoms with Crippen LogP contribution in [-0.2, 0) is 16.9 Å².